The number of nitrogens with zero attached hydrogens (tertiary/aromatic N) is 5. The largest absolute Gasteiger partial charge is 0.452 e. The van der Waals surface area contributed by atoms with E-state index in [9.17, 15) is 4.79 Å². The van der Waals surface area contributed by atoms with Crippen molar-refractivity contribution in [3.8, 4) is 28.9 Å². The molecule has 0 spiro atoms. The molecular weight excluding hydrogens is 384 g/mol. The van der Waals surface area contributed by atoms with Crippen LogP contribution in [-0.4, -0.2) is 29.9 Å². The minimum atomic E-state index is -0.536. The summed E-state index contributed by atoms with van der Waals surface area (Å²) in [5, 5.41) is 12.7. The van der Waals surface area contributed by atoms with Crippen LogP contribution >= 0.6 is 11.6 Å². The van der Waals surface area contributed by atoms with Crippen molar-refractivity contribution in [1.82, 2.24) is 29.9 Å². The van der Waals surface area contributed by atoms with Gasteiger partial charge in [0.2, 0.25) is 11.4 Å². The number of H-pyrrole nitrogens is 1. The Morgan fingerprint density at radius 3 is 2.86 bits per heavy atom. The van der Waals surface area contributed by atoms with E-state index in [1.54, 1.807) is 49.0 Å². The van der Waals surface area contributed by atoms with E-state index in [0.717, 1.165) is 0 Å². The molecule has 28 heavy (non-hydrogen) atoms. The molecule has 1 N–H and O–H groups in total. The molecule has 142 valence electrons. The Bertz CT molecular complexity index is 1180. The van der Waals surface area contributed by atoms with Gasteiger partial charge in [0.15, 0.2) is 11.9 Å². The molecule has 0 radical (unpaired) electrons. The molecule has 0 amide bonds. The fourth-order valence-electron chi connectivity index (χ4n) is 2.60. The van der Waals surface area contributed by atoms with Gasteiger partial charge in [0, 0.05) is 35.5 Å². The summed E-state index contributed by atoms with van der Waals surface area (Å²) in [6.45, 7) is 1.77. The van der Waals surface area contributed by atoms with Crippen LogP contribution < -0.4 is 10.3 Å². The predicted molar refractivity (Wildman–Crippen MR) is 101 cm³/mol. The van der Waals surface area contributed by atoms with E-state index in [1.165, 1.54) is 6.07 Å². The summed E-state index contributed by atoms with van der Waals surface area (Å²) in [6, 6.07) is 10.6. The number of aromatic amines is 1. The number of rotatable bonds is 5. The molecule has 0 saturated heterocycles. The molecule has 0 fully saturated rings. The first-order chi connectivity index (χ1) is 13.5. The van der Waals surface area contributed by atoms with Crippen LogP contribution in [0.3, 0.4) is 0 Å². The van der Waals surface area contributed by atoms with Crippen LogP contribution in [0.4, 0.5) is 0 Å². The number of hydrogen-bond donors (Lipinski definition) is 1. The molecule has 10 heteroatoms. The van der Waals surface area contributed by atoms with E-state index in [4.69, 9.17) is 20.9 Å². The van der Waals surface area contributed by atoms with Gasteiger partial charge in [0.25, 0.3) is 5.89 Å². The van der Waals surface area contributed by atoms with E-state index in [1.807, 2.05) is 6.07 Å². The van der Waals surface area contributed by atoms with E-state index >= 15 is 0 Å². The summed E-state index contributed by atoms with van der Waals surface area (Å²) in [5.41, 5.74) is 1.12. The van der Waals surface area contributed by atoms with Crippen molar-refractivity contribution in [1.29, 1.82) is 0 Å². The van der Waals surface area contributed by atoms with Gasteiger partial charge < -0.3 is 14.2 Å². The van der Waals surface area contributed by atoms with Gasteiger partial charge >= 0.3 is 6.01 Å². The summed E-state index contributed by atoms with van der Waals surface area (Å²) in [7, 11) is 1.74. The Hall–Kier alpha value is -3.46. The lowest BCUT2D eigenvalue weighted by Gasteiger charge is -2.10. The topological polar surface area (TPSA) is 112 Å². The van der Waals surface area contributed by atoms with E-state index < -0.39 is 6.10 Å². The third-order valence-electron chi connectivity index (χ3n) is 4.03. The van der Waals surface area contributed by atoms with Gasteiger partial charge in [-0.15, -0.1) is 5.10 Å². The highest BCUT2D eigenvalue weighted by atomic mass is 35.5. The summed E-state index contributed by atoms with van der Waals surface area (Å²) in [6.07, 6.45) is 1.01. The molecule has 0 aliphatic rings. The van der Waals surface area contributed by atoms with Crippen LogP contribution in [0.15, 0.2) is 51.9 Å². The number of halogens is 1. The van der Waals surface area contributed by atoms with Crippen LogP contribution in [0, 0.1) is 0 Å². The lowest BCUT2D eigenvalue weighted by molar-refractivity contribution is 0.186. The van der Waals surface area contributed by atoms with Gasteiger partial charge in [-0.25, -0.2) is 0 Å². The number of hydrogen-bond acceptors (Lipinski definition) is 7. The van der Waals surface area contributed by atoms with Crippen molar-refractivity contribution in [2.24, 2.45) is 7.05 Å². The highest BCUT2D eigenvalue weighted by molar-refractivity contribution is 6.30. The van der Waals surface area contributed by atoms with Crippen molar-refractivity contribution in [2.75, 3.05) is 0 Å². The predicted octanol–water partition coefficient (Wildman–Crippen LogP) is 3.01. The smallest absolute Gasteiger partial charge is 0.317 e. The van der Waals surface area contributed by atoms with E-state index in [2.05, 4.69) is 25.3 Å². The van der Waals surface area contributed by atoms with Gasteiger partial charge in [-0.3, -0.25) is 9.36 Å². The van der Waals surface area contributed by atoms with Crippen molar-refractivity contribution in [3.05, 3.63) is 63.8 Å². The molecule has 0 saturated carbocycles. The first-order valence-electron chi connectivity index (χ1n) is 8.36. The van der Waals surface area contributed by atoms with Crippen LogP contribution in [0.25, 0.3) is 22.8 Å². The fourth-order valence-corrected chi connectivity index (χ4v) is 2.79. The zero-order valence-corrected chi connectivity index (χ0v) is 15.7. The Morgan fingerprint density at radius 2 is 2.07 bits per heavy atom. The van der Waals surface area contributed by atoms with Gasteiger partial charge in [0.05, 0.1) is 0 Å². The summed E-state index contributed by atoms with van der Waals surface area (Å²) in [4.78, 5) is 18.4. The molecule has 3 heterocycles. The Labute approximate surface area is 164 Å². The third-order valence-corrected chi connectivity index (χ3v) is 4.26. The molecule has 1 aromatic carbocycles. The van der Waals surface area contributed by atoms with Crippen molar-refractivity contribution < 1.29 is 9.26 Å². The van der Waals surface area contributed by atoms with Gasteiger partial charge in [0.1, 0.15) is 0 Å². The summed E-state index contributed by atoms with van der Waals surface area (Å²) in [5.74, 6) is 1.20. The van der Waals surface area contributed by atoms with E-state index in [0.29, 0.717) is 33.7 Å². The average molecular weight is 399 g/mol. The quantitative estimate of drug-likeness (QED) is 0.549. The highest BCUT2D eigenvalue weighted by Gasteiger charge is 2.20. The van der Waals surface area contributed by atoms with Gasteiger partial charge in [-0.1, -0.05) is 27.9 Å². The minimum absolute atomic E-state index is 0.225. The highest BCUT2D eigenvalue weighted by Crippen LogP contribution is 2.25. The number of aromatic nitrogens is 6. The Morgan fingerprint density at radius 1 is 1.21 bits per heavy atom. The van der Waals surface area contributed by atoms with Crippen molar-refractivity contribution in [3.63, 3.8) is 0 Å². The standard InChI is InChI=1S/C18H15ClN6O3/c1-10(15-21-17(28-24-15)12-4-3-5-13(19)8-12)27-18-23-22-16(25(18)2)11-6-7-20-14(26)9-11/h3-10H,1-2H3,(H,20,26)/t10-/m1/s1. The monoisotopic (exact) mass is 398 g/mol. The molecule has 0 bridgehead atoms. The van der Waals surface area contributed by atoms with Crippen LogP contribution in [0.1, 0.15) is 18.9 Å². The fraction of sp³-hybridized carbons (Fsp3) is 0.167. The number of ether oxygens (including phenoxy) is 1. The zero-order chi connectivity index (χ0) is 19.7. The molecule has 4 aromatic rings. The first-order valence-corrected chi connectivity index (χ1v) is 8.74. The zero-order valence-electron chi connectivity index (χ0n) is 15.0. The second-order valence-corrected chi connectivity index (χ2v) is 6.47. The lowest BCUT2D eigenvalue weighted by atomic mass is 10.2. The van der Waals surface area contributed by atoms with E-state index in [-0.39, 0.29) is 11.6 Å². The molecule has 3 aromatic heterocycles. The molecule has 9 nitrogen and oxygen atoms in total. The number of pyridine rings is 1. The molecular formula is C18H15ClN6O3. The minimum Gasteiger partial charge on any atom is -0.452 e. The molecule has 0 unspecified atom stereocenters. The summed E-state index contributed by atoms with van der Waals surface area (Å²) >= 11 is 6.00. The third kappa shape index (κ3) is 3.52. The SMILES string of the molecule is C[C@@H](Oc1nnc(-c2cc[nH]c(=O)c2)n1C)c1noc(-c2cccc(Cl)c2)n1. The summed E-state index contributed by atoms with van der Waals surface area (Å²) < 4.78 is 12.8. The number of benzene rings is 1. The van der Waals surface area contributed by atoms with Gasteiger partial charge in [-0.05, 0) is 31.2 Å². The van der Waals surface area contributed by atoms with Gasteiger partial charge in [-0.2, -0.15) is 4.98 Å². The molecule has 4 rings (SSSR count). The van der Waals surface area contributed by atoms with Crippen LogP contribution in [0.2, 0.25) is 5.02 Å². The molecule has 0 aliphatic carbocycles. The van der Waals surface area contributed by atoms with Crippen molar-refractivity contribution >= 4 is 11.6 Å². The average Bonchev–Trinajstić information content (AvgIpc) is 3.30. The van der Waals surface area contributed by atoms with Crippen LogP contribution in [-0.2, 0) is 7.05 Å². The molecule has 1 atom stereocenters. The second kappa shape index (κ2) is 7.28. The van der Waals surface area contributed by atoms with Crippen molar-refractivity contribution in [2.45, 2.75) is 13.0 Å². The maximum absolute atomic E-state index is 11.5. The number of nitrogens with one attached hydrogen (secondary N) is 1. The lowest BCUT2D eigenvalue weighted by Crippen LogP contribution is -2.09. The first kappa shape index (κ1) is 17.9. The maximum atomic E-state index is 11.5. The Balaban J connectivity index is 1.55. The molecule has 0 aliphatic heterocycles. The maximum Gasteiger partial charge on any atom is 0.317 e. The van der Waals surface area contributed by atoms with Crippen LogP contribution in [0.5, 0.6) is 6.01 Å². The Kier molecular flexibility index (Phi) is 4.66. The normalized spacial score (nSPS) is 12.1. The second-order valence-electron chi connectivity index (χ2n) is 6.03.